The first-order valence-corrected chi connectivity index (χ1v) is 12.8. The lowest BCUT2D eigenvalue weighted by Crippen LogP contribution is -2.41. The molecule has 0 radical (unpaired) electrons. The molecule has 1 atom stereocenters. The van der Waals surface area contributed by atoms with E-state index < -0.39 is 6.04 Å². The second-order valence-electron chi connectivity index (χ2n) is 9.65. The molecular weight excluding hydrogens is 473 g/mol. The number of hydrogen-bond donors (Lipinski definition) is 0. The van der Waals surface area contributed by atoms with Crippen LogP contribution < -0.4 is 4.74 Å². The highest BCUT2D eigenvalue weighted by Gasteiger charge is 2.32. The van der Waals surface area contributed by atoms with Gasteiger partial charge in [-0.25, -0.2) is 9.37 Å². The van der Waals surface area contributed by atoms with Gasteiger partial charge in [0.05, 0.1) is 6.04 Å². The number of aromatic nitrogens is 1. The fourth-order valence-corrected chi connectivity index (χ4v) is 4.75. The average molecular weight is 508 g/mol. The van der Waals surface area contributed by atoms with Crippen LogP contribution in [-0.2, 0) is 17.8 Å². The van der Waals surface area contributed by atoms with Crippen molar-refractivity contribution in [3.63, 3.8) is 0 Å². The highest BCUT2D eigenvalue weighted by molar-refractivity contribution is 5.91. The monoisotopic (exact) mass is 507 g/mol. The quantitative estimate of drug-likeness (QED) is 0.388. The Kier molecular flexibility index (Phi) is 8.26. The molecule has 4 rings (SSSR count). The maximum absolute atomic E-state index is 14.2. The van der Waals surface area contributed by atoms with E-state index in [0.717, 1.165) is 16.7 Å². The van der Waals surface area contributed by atoms with E-state index in [9.17, 15) is 14.0 Å². The van der Waals surface area contributed by atoms with Crippen molar-refractivity contribution in [2.24, 2.45) is 5.92 Å². The second kappa shape index (κ2) is 11.6. The highest BCUT2D eigenvalue weighted by atomic mass is 19.1. The van der Waals surface area contributed by atoms with Gasteiger partial charge in [0.1, 0.15) is 17.8 Å². The molecule has 1 aliphatic heterocycles. The number of fused-ring (bicyclic) bond motifs is 1. The van der Waals surface area contributed by atoms with Crippen LogP contribution in [0.15, 0.2) is 53.1 Å². The van der Waals surface area contributed by atoms with Gasteiger partial charge in [-0.3, -0.25) is 9.59 Å². The van der Waals surface area contributed by atoms with Crippen LogP contribution in [0.25, 0.3) is 0 Å². The molecular formula is C29H34FN3O4. The topological polar surface area (TPSA) is 75.9 Å². The maximum Gasteiger partial charge on any atom is 0.275 e. The molecule has 1 unspecified atom stereocenters. The number of rotatable bonds is 9. The van der Waals surface area contributed by atoms with Gasteiger partial charge < -0.3 is 19.0 Å². The van der Waals surface area contributed by atoms with Gasteiger partial charge in [-0.2, -0.15) is 0 Å². The Morgan fingerprint density at radius 3 is 2.68 bits per heavy atom. The summed E-state index contributed by atoms with van der Waals surface area (Å²) in [6.07, 6.45) is 2.49. The molecule has 196 valence electrons. The minimum atomic E-state index is -0.408. The van der Waals surface area contributed by atoms with E-state index >= 15 is 0 Å². The first kappa shape index (κ1) is 26.4. The Balaban J connectivity index is 1.58. The van der Waals surface area contributed by atoms with E-state index in [0.29, 0.717) is 44.1 Å². The summed E-state index contributed by atoms with van der Waals surface area (Å²) in [5.74, 6) is 0.615. The Hall–Kier alpha value is -3.68. The predicted octanol–water partition coefficient (Wildman–Crippen LogP) is 5.39. The third-order valence-corrected chi connectivity index (χ3v) is 6.60. The summed E-state index contributed by atoms with van der Waals surface area (Å²) in [6.45, 7) is 9.65. The third kappa shape index (κ3) is 6.01. The molecule has 0 aliphatic carbocycles. The summed E-state index contributed by atoms with van der Waals surface area (Å²) >= 11 is 0. The zero-order chi connectivity index (χ0) is 26.5. The van der Waals surface area contributed by atoms with Gasteiger partial charge in [0.25, 0.3) is 5.91 Å². The van der Waals surface area contributed by atoms with Gasteiger partial charge in [-0.1, -0.05) is 32.0 Å². The predicted molar refractivity (Wildman–Crippen MR) is 138 cm³/mol. The van der Waals surface area contributed by atoms with Crippen LogP contribution in [0.1, 0.15) is 73.2 Å². The lowest BCUT2D eigenvalue weighted by Gasteiger charge is -2.38. The summed E-state index contributed by atoms with van der Waals surface area (Å²) in [5, 5.41) is 0. The number of benzene rings is 2. The molecule has 2 heterocycles. The summed E-state index contributed by atoms with van der Waals surface area (Å²) < 4.78 is 25.6. The van der Waals surface area contributed by atoms with Crippen molar-refractivity contribution < 1.29 is 23.1 Å². The van der Waals surface area contributed by atoms with Crippen LogP contribution in [0.4, 0.5) is 4.39 Å². The zero-order valence-electron chi connectivity index (χ0n) is 21.9. The molecule has 37 heavy (non-hydrogen) atoms. The molecule has 2 amide bonds. The molecule has 7 nitrogen and oxygen atoms in total. The highest BCUT2D eigenvalue weighted by Crippen LogP contribution is 2.38. The molecule has 0 saturated carbocycles. The van der Waals surface area contributed by atoms with Crippen molar-refractivity contribution in [3.8, 4) is 5.75 Å². The zero-order valence-corrected chi connectivity index (χ0v) is 21.9. The Bertz CT molecular complexity index is 1250. The van der Waals surface area contributed by atoms with E-state index in [4.69, 9.17) is 9.15 Å². The standard InChI is InChI=1S/C29H34FN3O4/c1-5-32(6-2)29(35)25-17-37-26(31-25)18-36-23-11-10-20-12-13-33(27(34)14-19(3)4)28(24(20)16-23)21-8-7-9-22(30)15-21/h7-11,15-17,19,28H,5-6,12-14,18H2,1-4H3. The van der Waals surface area contributed by atoms with Crippen LogP contribution in [0, 0.1) is 11.7 Å². The summed E-state index contributed by atoms with van der Waals surface area (Å²) in [4.78, 5) is 33.5. The lowest BCUT2D eigenvalue weighted by atomic mass is 9.87. The fourth-order valence-electron chi connectivity index (χ4n) is 4.75. The van der Waals surface area contributed by atoms with Crippen molar-refractivity contribution in [2.75, 3.05) is 19.6 Å². The molecule has 0 N–H and O–H groups in total. The van der Waals surface area contributed by atoms with Crippen molar-refractivity contribution in [1.29, 1.82) is 0 Å². The van der Waals surface area contributed by atoms with Gasteiger partial charge >= 0.3 is 0 Å². The number of amides is 2. The Morgan fingerprint density at radius 1 is 1.19 bits per heavy atom. The van der Waals surface area contributed by atoms with Gasteiger partial charge in [0.15, 0.2) is 12.3 Å². The normalized spacial score (nSPS) is 15.0. The molecule has 3 aromatic rings. The molecule has 1 aromatic heterocycles. The van der Waals surface area contributed by atoms with Crippen molar-refractivity contribution in [2.45, 2.75) is 53.2 Å². The fraction of sp³-hybridized carbons (Fsp3) is 0.414. The van der Waals surface area contributed by atoms with Gasteiger partial charge in [0.2, 0.25) is 11.8 Å². The molecule has 0 saturated heterocycles. The smallest absolute Gasteiger partial charge is 0.275 e. The van der Waals surface area contributed by atoms with Crippen molar-refractivity contribution in [3.05, 3.63) is 82.8 Å². The number of carbonyl (C=O) groups excluding carboxylic acids is 2. The minimum Gasteiger partial charge on any atom is -0.484 e. The molecule has 0 bridgehead atoms. The number of oxazole rings is 1. The van der Waals surface area contributed by atoms with E-state index in [-0.39, 0.29) is 35.9 Å². The van der Waals surface area contributed by atoms with Crippen LogP contribution in [0.5, 0.6) is 5.75 Å². The van der Waals surface area contributed by atoms with Crippen LogP contribution in [0.3, 0.4) is 0 Å². The average Bonchev–Trinajstić information content (AvgIpc) is 3.36. The minimum absolute atomic E-state index is 0.0466. The summed E-state index contributed by atoms with van der Waals surface area (Å²) in [5.41, 5.74) is 2.98. The van der Waals surface area contributed by atoms with Gasteiger partial charge in [0, 0.05) is 26.1 Å². The van der Waals surface area contributed by atoms with E-state index in [1.54, 1.807) is 11.0 Å². The van der Waals surface area contributed by atoms with Gasteiger partial charge in [-0.05, 0) is 67.1 Å². The lowest BCUT2D eigenvalue weighted by molar-refractivity contribution is -0.134. The first-order valence-electron chi connectivity index (χ1n) is 12.8. The molecule has 1 aliphatic rings. The molecule has 0 fully saturated rings. The number of hydrogen-bond acceptors (Lipinski definition) is 5. The number of carbonyl (C=O) groups is 2. The van der Waals surface area contributed by atoms with Gasteiger partial charge in [-0.15, -0.1) is 0 Å². The number of ether oxygens (including phenoxy) is 1. The number of nitrogens with zero attached hydrogens (tertiary/aromatic N) is 3. The summed E-state index contributed by atoms with van der Waals surface area (Å²) in [6, 6.07) is 11.8. The third-order valence-electron chi connectivity index (χ3n) is 6.60. The SMILES string of the molecule is CCN(CC)C(=O)c1coc(COc2ccc3c(c2)C(c2cccc(F)c2)N(C(=O)CC(C)C)CC3)n1. The van der Waals surface area contributed by atoms with E-state index in [1.807, 2.05) is 56.9 Å². The summed E-state index contributed by atoms with van der Waals surface area (Å²) in [7, 11) is 0. The molecule has 2 aromatic carbocycles. The van der Waals surface area contributed by atoms with E-state index in [2.05, 4.69) is 4.98 Å². The van der Waals surface area contributed by atoms with Crippen LogP contribution in [0.2, 0.25) is 0 Å². The van der Waals surface area contributed by atoms with Crippen LogP contribution in [-0.4, -0.2) is 46.2 Å². The molecule has 0 spiro atoms. The first-order chi connectivity index (χ1) is 17.8. The Morgan fingerprint density at radius 2 is 1.97 bits per heavy atom. The van der Waals surface area contributed by atoms with E-state index in [1.165, 1.54) is 18.4 Å². The van der Waals surface area contributed by atoms with Crippen molar-refractivity contribution in [1.82, 2.24) is 14.8 Å². The second-order valence-corrected chi connectivity index (χ2v) is 9.65. The number of halogens is 1. The maximum atomic E-state index is 14.2. The van der Waals surface area contributed by atoms with Crippen LogP contribution >= 0.6 is 0 Å². The Labute approximate surface area is 217 Å². The molecule has 8 heteroatoms. The van der Waals surface area contributed by atoms with Crippen molar-refractivity contribution >= 4 is 11.8 Å². The largest absolute Gasteiger partial charge is 0.484 e.